The molecule has 0 aromatic rings. The monoisotopic (exact) mass is 502 g/mol. The lowest BCUT2D eigenvalue weighted by Crippen LogP contribution is -2.66. The average molecular weight is 502 g/mol. The van der Waals surface area contributed by atoms with E-state index in [1.54, 1.807) is 0 Å². The largest absolute Gasteiger partial charge is 0.394 e. The van der Waals surface area contributed by atoms with Crippen LogP contribution in [0.25, 0.3) is 0 Å². The fourth-order valence-electron chi connectivity index (χ4n) is 4.15. The summed E-state index contributed by atoms with van der Waals surface area (Å²) in [5.41, 5.74) is 0. The van der Waals surface area contributed by atoms with Crippen molar-refractivity contribution >= 4 is 0 Å². The highest BCUT2D eigenvalue weighted by Crippen LogP contribution is 2.32. The van der Waals surface area contributed by atoms with E-state index in [2.05, 4.69) is 0 Å². The molecule has 3 heterocycles. The van der Waals surface area contributed by atoms with Gasteiger partial charge < -0.3 is 74.4 Å². The van der Waals surface area contributed by atoms with Crippen LogP contribution in [0.2, 0.25) is 0 Å². The van der Waals surface area contributed by atoms with Crippen molar-refractivity contribution < 1.29 is 74.4 Å². The van der Waals surface area contributed by atoms with Crippen molar-refractivity contribution in [1.82, 2.24) is 0 Å². The first-order valence-corrected chi connectivity index (χ1v) is 10.8. The first kappa shape index (κ1) is 28.0. The number of aliphatic hydroxyl groups excluding tert-OH is 9. The van der Waals surface area contributed by atoms with Gasteiger partial charge in [-0.25, -0.2) is 0 Å². The minimum atomic E-state index is -1.79. The summed E-state index contributed by atoms with van der Waals surface area (Å²) in [6, 6.07) is 0. The van der Waals surface area contributed by atoms with Gasteiger partial charge in [0.15, 0.2) is 18.9 Å². The maximum atomic E-state index is 10.7. The Morgan fingerprint density at radius 2 is 1.12 bits per heavy atom. The second-order valence-corrected chi connectivity index (χ2v) is 8.53. The Kier molecular flexibility index (Phi) is 9.57. The molecule has 15 heteroatoms. The Bertz CT molecular complexity index is 625. The van der Waals surface area contributed by atoms with Crippen LogP contribution >= 0.6 is 0 Å². The molecule has 0 spiro atoms. The molecule has 0 bridgehead atoms. The van der Waals surface area contributed by atoms with Crippen LogP contribution in [-0.4, -0.2) is 158 Å². The zero-order valence-corrected chi connectivity index (χ0v) is 18.5. The number of methoxy groups -OCH3 is 1. The standard InChI is InChI=1S/C19H34O15/c1-5-8(22)11(25)13(27)18(30-5)34-16-12(26)9(23)6(3-20)32-19(16)33-15-10(24)7(4-21)31-17(29-2)14(15)28/h5-28H,3-4H2,1-2H3/t5-,6+,7+,8+,9-,10+,11+,12-,13-,14+,15-,16+,17+,18-,19-/m0/s1. The highest BCUT2D eigenvalue weighted by atomic mass is 16.8. The summed E-state index contributed by atoms with van der Waals surface area (Å²) in [6.07, 6.45) is -22.8. The molecule has 0 aromatic carbocycles. The lowest BCUT2D eigenvalue weighted by Gasteiger charge is -2.48. The van der Waals surface area contributed by atoms with Crippen LogP contribution in [0.3, 0.4) is 0 Å². The van der Waals surface area contributed by atoms with Crippen molar-refractivity contribution in [3.63, 3.8) is 0 Å². The van der Waals surface area contributed by atoms with Gasteiger partial charge in [0.1, 0.15) is 67.1 Å². The molecule has 3 aliphatic heterocycles. The molecule has 0 aromatic heterocycles. The average Bonchev–Trinajstić information content (AvgIpc) is 2.82. The van der Waals surface area contributed by atoms with Gasteiger partial charge in [-0.15, -0.1) is 0 Å². The Morgan fingerprint density at radius 3 is 1.71 bits per heavy atom. The van der Waals surface area contributed by atoms with Gasteiger partial charge in [-0.1, -0.05) is 0 Å². The van der Waals surface area contributed by atoms with Gasteiger partial charge in [-0.05, 0) is 6.92 Å². The molecule has 3 rings (SSSR count). The van der Waals surface area contributed by atoms with Crippen molar-refractivity contribution in [2.45, 2.75) is 99.0 Å². The van der Waals surface area contributed by atoms with Crippen LogP contribution in [0, 0.1) is 0 Å². The molecule has 34 heavy (non-hydrogen) atoms. The molecule has 0 aliphatic carbocycles. The van der Waals surface area contributed by atoms with E-state index in [1.807, 2.05) is 0 Å². The molecule has 0 saturated carbocycles. The minimum Gasteiger partial charge on any atom is -0.394 e. The molecule has 3 fully saturated rings. The predicted molar refractivity (Wildman–Crippen MR) is 105 cm³/mol. The van der Waals surface area contributed by atoms with E-state index < -0.39 is 105 Å². The third kappa shape index (κ3) is 5.39. The third-order valence-corrected chi connectivity index (χ3v) is 6.27. The van der Waals surface area contributed by atoms with E-state index in [9.17, 15) is 46.0 Å². The van der Waals surface area contributed by atoms with Crippen molar-refractivity contribution in [1.29, 1.82) is 0 Å². The number of rotatable bonds is 7. The van der Waals surface area contributed by atoms with Gasteiger partial charge in [-0.3, -0.25) is 0 Å². The first-order chi connectivity index (χ1) is 16.0. The second kappa shape index (κ2) is 11.6. The SMILES string of the molecule is CO[C@@H]1O[C@H](CO)[C@@H](O)[C@H](O[C@@H]2O[C@H](CO)[C@H](O)[C@H](O)[C@H]2O[C@@H]2O[C@@H](C)[C@@H](O)[C@@H](O)[C@@H]2O)[C@H]1O. The molecule has 15 nitrogen and oxygen atoms in total. The molecule has 3 saturated heterocycles. The molecule has 9 N–H and O–H groups in total. The molecule has 15 atom stereocenters. The number of hydrogen-bond donors (Lipinski definition) is 9. The van der Waals surface area contributed by atoms with E-state index in [1.165, 1.54) is 14.0 Å². The Balaban J connectivity index is 1.84. The summed E-state index contributed by atoms with van der Waals surface area (Å²) in [4.78, 5) is 0. The normalized spacial score (nSPS) is 52.5. The van der Waals surface area contributed by atoms with Crippen LogP contribution in [-0.2, 0) is 28.4 Å². The molecular weight excluding hydrogens is 468 g/mol. The van der Waals surface area contributed by atoms with E-state index in [0.717, 1.165) is 0 Å². The van der Waals surface area contributed by atoms with Gasteiger partial charge in [0.2, 0.25) is 0 Å². The van der Waals surface area contributed by atoms with E-state index in [0.29, 0.717) is 0 Å². The first-order valence-electron chi connectivity index (χ1n) is 10.8. The maximum absolute atomic E-state index is 10.7. The molecule has 0 radical (unpaired) electrons. The van der Waals surface area contributed by atoms with Crippen LogP contribution in [0.4, 0.5) is 0 Å². The van der Waals surface area contributed by atoms with Crippen molar-refractivity contribution in [2.24, 2.45) is 0 Å². The zero-order chi connectivity index (χ0) is 25.3. The van der Waals surface area contributed by atoms with Crippen LogP contribution in [0.1, 0.15) is 6.92 Å². The van der Waals surface area contributed by atoms with Gasteiger partial charge >= 0.3 is 0 Å². The summed E-state index contributed by atoms with van der Waals surface area (Å²) in [6.45, 7) is 0.0111. The Morgan fingerprint density at radius 1 is 0.559 bits per heavy atom. The molecule has 0 amide bonds. The maximum Gasteiger partial charge on any atom is 0.187 e. The van der Waals surface area contributed by atoms with Crippen LogP contribution in [0.15, 0.2) is 0 Å². The van der Waals surface area contributed by atoms with Gasteiger partial charge in [0.25, 0.3) is 0 Å². The zero-order valence-electron chi connectivity index (χ0n) is 18.5. The predicted octanol–water partition coefficient (Wildman–Crippen LogP) is -5.89. The van der Waals surface area contributed by atoms with Crippen molar-refractivity contribution in [3.8, 4) is 0 Å². The number of aliphatic hydroxyl groups is 9. The highest BCUT2D eigenvalue weighted by Gasteiger charge is 2.53. The van der Waals surface area contributed by atoms with E-state index >= 15 is 0 Å². The summed E-state index contributed by atoms with van der Waals surface area (Å²) in [7, 11) is 1.21. The van der Waals surface area contributed by atoms with Gasteiger partial charge in [-0.2, -0.15) is 0 Å². The fraction of sp³-hybridized carbons (Fsp3) is 1.00. The minimum absolute atomic E-state index is 0.653. The number of ether oxygens (including phenoxy) is 6. The Hall–Kier alpha value is -0.600. The van der Waals surface area contributed by atoms with Gasteiger partial charge in [0, 0.05) is 7.11 Å². The van der Waals surface area contributed by atoms with Crippen LogP contribution < -0.4 is 0 Å². The van der Waals surface area contributed by atoms with Crippen molar-refractivity contribution in [2.75, 3.05) is 20.3 Å². The van der Waals surface area contributed by atoms with E-state index in [-0.39, 0.29) is 0 Å². The summed E-state index contributed by atoms with van der Waals surface area (Å²) in [5.74, 6) is 0. The third-order valence-electron chi connectivity index (χ3n) is 6.27. The van der Waals surface area contributed by atoms with Crippen LogP contribution in [0.5, 0.6) is 0 Å². The summed E-state index contributed by atoms with van der Waals surface area (Å²) in [5, 5.41) is 91.2. The summed E-state index contributed by atoms with van der Waals surface area (Å²) >= 11 is 0. The lowest BCUT2D eigenvalue weighted by molar-refractivity contribution is -0.387. The summed E-state index contributed by atoms with van der Waals surface area (Å²) < 4.78 is 32.4. The topological polar surface area (TPSA) is 237 Å². The molecule has 3 aliphatic rings. The Labute approximate surface area is 194 Å². The van der Waals surface area contributed by atoms with E-state index in [4.69, 9.17) is 28.4 Å². The molecular formula is C19H34O15. The fourth-order valence-corrected chi connectivity index (χ4v) is 4.15. The quantitative estimate of drug-likeness (QED) is 0.157. The molecule has 0 unspecified atom stereocenters. The highest BCUT2D eigenvalue weighted by molar-refractivity contribution is 4.96. The number of hydrogen-bond acceptors (Lipinski definition) is 15. The van der Waals surface area contributed by atoms with Gasteiger partial charge in [0.05, 0.1) is 19.3 Å². The second-order valence-electron chi connectivity index (χ2n) is 8.53. The lowest BCUT2D eigenvalue weighted by atomic mass is 9.96. The van der Waals surface area contributed by atoms with Crippen molar-refractivity contribution in [3.05, 3.63) is 0 Å². The smallest absolute Gasteiger partial charge is 0.187 e. The molecule has 200 valence electrons.